The maximum atomic E-state index is 13.1. The summed E-state index contributed by atoms with van der Waals surface area (Å²) in [6.45, 7) is 9.66. The topological polar surface area (TPSA) is 237 Å². The number of carbonyl (C=O) groups excluding carboxylic acids is 4. The summed E-state index contributed by atoms with van der Waals surface area (Å²) in [5.74, 6) is -0.453. The Balaban J connectivity index is 5.17. The Bertz CT molecular complexity index is 1870. The van der Waals surface area contributed by atoms with Gasteiger partial charge in [-0.25, -0.2) is 9.13 Å². The smallest absolute Gasteiger partial charge is 0.462 e. The van der Waals surface area contributed by atoms with E-state index < -0.39 is 97.5 Å². The fourth-order valence-corrected chi connectivity index (χ4v) is 13.6. The van der Waals surface area contributed by atoms with Crippen LogP contribution in [0, 0.1) is 11.8 Å². The quantitative estimate of drug-likeness (QED) is 0.0222. The van der Waals surface area contributed by atoms with Crippen LogP contribution in [0.1, 0.15) is 408 Å². The zero-order valence-electron chi connectivity index (χ0n) is 63.4. The van der Waals surface area contributed by atoms with Crippen LogP contribution in [0.4, 0.5) is 0 Å². The lowest BCUT2D eigenvalue weighted by atomic mass is 9.99. The molecule has 0 rings (SSSR count). The average Bonchev–Trinajstić information content (AvgIpc) is 1.74. The van der Waals surface area contributed by atoms with Crippen molar-refractivity contribution < 1.29 is 80.2 Å². The zero-order chi connectivity index (χ0) is 71.4. The molecular formula is C78H152O17P2. The molecule has 0 fully saturated rings. The normalized spacial score (nSPS) is 14.2. The highest BCUT2D eigenvalue weighted by atomic mass is 31.2. The van der Waals surface area contributed by atoms with Crippen molar-refractivity contribution in [2.24, 2.45) is 11.8 Å². The van der Waals surface area contributed by atoms with Crippen LogP contribution in [0.25, 0.3) is 0 Å². The van der Waals surface area contributed by atoms with Gasteiger partial charge in [0.2, 0.25) is 0 Å². The van der Waals surface area contributed by atoms with Gasteiger partial charge in [0.1, 0.15) is 19.3 Å². The third kappa shape index (κ3) is 70.9. The number of phosphoric ester groups is 2. The van der Waals surface area contributed by atoms with Crippen molar-refractivity contribution in [2.75, 3.05) is 39.6 Å². The summed E-state index contributed by atoms with van der Waals surface area (Å²) in [6, 6.07) is 0. The van der Waals surface area contributed by atoms with Crippen LogP contribution in [0.5, 0.6) is 0 Å². The van der Waals surface area contributed by atoms with Crippen molar-refractivity contribution >= 4 is 39.5 Å². The molecule has 0 saturated carbocycles. The third-order valence-corrected chi connectivity index (χ3v) is 20.5. The number of phosphoric acid groups is 2. The molecule has 0 aromatic rings. The van der Waals surface area contributed by atoms with E-state index in [0.717, 1.165) is 108 Å². The number of rotatable bonds is 77. The highest BCUT2D eigenvalue weighted by Crippen LogP contribution is 2.45. The minimum absolute atomic E-state index is 0.107. The minimum Gasteiger partial charge on any atom is -0.462 e. The van der Waals surface area contributed by atoms with E-state index in [-0.39, 0.29) is 25.7 Å². The van der Waals surface area contributed by atoms with E-state index >= 15 is 0 Å². The van der Waals surface area contributed by atoms with Crippen molar-refractivity contribution in [3.63, 3.8) is 0 Å². The molecule has 0 amide bonds. The highest BCUT2D eigenvalue weighted by Gasteiger charge is 2.30. The SMILES string of the molecule is CCCCCCCCCCCCCC(=O)O[C@H](COC(=O)CCCCCCCCCC)COP(=O)(O)OC[C@H](O)COP(=O)(O)OC[C@@H](COC(=O)CCCCCCCCCCCCCCCC(C)C)OC(=O)CCCCCCCCCCCCCCCCCCCCC(C)CC. The summed E-state index contributed by atoms with van der Waals surface area (Å²) < 4.78 is 68.5. The van der Waals surface area contributed by atoms with Gasteiger partial charge in [-0.2, -0.15) is 0 Å². The van der Waals surface area contributed by atoms with E-state index in [9.17, 15) is 43.2 Å². The van der Waals surface area contributed by atoms with Gasteiger partial charge in [-0.1, -0.05) is 356 Å². The number of hydrogen-bond acceptors (Lipinski definition) is 15. The van der Waals surface area contributed by atoms with E-state index in [1.807, 2.05) is 0 Å². The number of carbonyl (C=O) groups is 4. The maximum Gasteiger partial charge on any atom is 0.472 e. The van der Waals surface area contributed by atoms with Gasteiger partial charge in [0.25, 0.3) is 0 Å². The standard InChI is InChI=1S/C78H152O17P2/c1-7-10-12-14-16-18-30-38-44-50-56-62-77(82)94-73(66-88-75(80)60-54-48-42-17-15-13-11-8-2)68-92-96(84,85)90-64-72(79)65-91-97(86,87)93-69-74(67-89-76(81)61-55-49-43-37-33-29-25-26-31-35-40-46-52-58-70(4)5)95-78(83)63-57-51-45-39-34-28-24-22-20-19-21-23-27-32-36-41-47-53-59-71(6)9-3/h70-74,79H,7-69H2,1-6H3,(H,84,85)(H,86,87)/t71?,72-,73+,74+/m0/s1. The molecule has 0 aromatic heterocycles. The van der Waals surface area contributed by atoms with Crippen LogP contribution in [-0.4, -0.2) is 96.7 Å². The van der Waals surface area contributed by atoms with E-state index in [0.29, 0.717) is 25.7 Å². The first-order valence-electron chi connectivity index (χ1n) is 40.5. The molecule has 3 N–H and O–H groups in total. The molecular weight excluding hydrogens is 1270 g/mol. The molecule has 6 atom stereocenters. The molecule has 97 heavy (non-hydrogen) atoms. The molecule has 0 spiro atoms. The van der Waals surface area contributed by atoms with Gasteiger partial charge in [0, 0.05) is 25.7 Å². The summed E-state index contributed by atoms with van der Waals surface area (Å²) in [5, 5.41) is 10.6. The number of esters is 4. The Labute approximate surface area is 594 Å². The van der Waals surface area contributed by atoms with Gasteiger partial charge >= 0.3 is 39.5 Å². The van der Waals surface area contributed by atoms with Crippen LogP contribution in [0.3, 0.4) is 0 Å². The molecule has 0 aliphatic carbocycles. The molecule has 3 unspecified atom stereocenters. The van der Waals surface area contributed by atoms with Crippen molar-refractivity contribution in [1.29, 1.82) is 0 Å². The van der Waals surface area contributed by atoms with Crippen LogP contribution >= 0.6 is 15.6 Å². The molecule has 0 aliphatic heterocycles. The second kappa shape index (κ2) is 69.8. The molecule has 0 heterocycles. The molecule has 17 nitrogen and oxygen atoms in total. The zero-order valence-corrected chi connectivity index (χ0v) is 65.2. The van der Waals surface area contributed by atoms with E-state index in [1.165, 1.54) is 218 Å². The Morgan fingerprint density at radius 1 is 0.299 bits per heavy atom. The van der Waals surface area contributed by atoms with Crippen LogP contribution < -0.4 is 0 Å². The van der Waals surface area contributed by atoms with Crippen molar-refractivity contribution in [3.05, 3.63) is 0 Å². The molecule has 0 aliphatic rings. The fourth-order valence-electron chi connectivity index (χ4n) is 12.0. The first kappa shape index (κ1) is 95.1. The lowest BCUT2D eigenvalue weighted by Crippen LogP contribution is -2.30. The maximum absolute atomic E-state index is 13.1. The highest BCUT2D eigenvalue weighted by molar-refractivity contribution is 7.47. The van der Waals surface area contributed by atoms with Gasteiger partial charge in [0.05, 0.1) is 26.4 Å². The Morgan fingerprint density at radius 2 is 0.526 bits per heavy atom. The second-order valence-corrected chi connectivity index (χ2v) is 31.7. The first-order chi connectivity index (χ1) is 46.9. The van der Waals surface area contributed by atoms with E-state index in [2.05, 4.69) is 41.5 Å². The summed E-state index contributed by atoms with van der Waals surface area (Å²) in [7, 11) is -9.91. The predicted molar refractivity (Wildman–Crippen MR) is 395 cm³/mol. The summed E-state index contributed by atoms with van der Waals surface area (Å²) in [4.78, 5) is 72.7. The average molecular weight is 1420 g/mol. The summed E-state index contributed by atoms with van der Waals surface area (Å²) in [6.07, 6.45) is 58.3. The molecule has 0 saturated heterocycles. The van der Waals surface area contributed by atoms with Gasteiger partial charge in [-0.15, -0.1) is 0 Å². The van der Waals surface area contributed by atoms with Crippen molar-refractivity contribution in [3.8, 4) is 0 Å². The number of aliphatic hydroxyl groups is 1. The van der Waals surface area contributed by atoms with Crippen molar-refractivity contribution in [2.45, 2.75) is 426 Å². The number of ether oxygens (including phenoxy) is 4. The second-order valence-electron chi connectivity index (χ2n) is 28.8. The monoisotopic (exact) mass is 1420 g/mol. The third-order valence-electron chi connectivity index (χ3n) is 18.6. The first-order valence-corrected chi connectivity index (χ1v) is 43.5. The number of aliphatic hydroxyl groups excluding tert-OH is 1. The molecule has 0 aromatic carbocycles. The summed E-state index contributed by atoms with van der Waals surface area (Å²) in [5.41, 5.74) is 0. The van der Waals surface area contributed by atoms with Gasteiger partial charge in [-0.3, -0.25) is 37.3 Å². The van der Waals surface area contributed by atoms with Crippen LogP contribution in [0.2, 0.25) is 0 Å². The minimum atomic E-state index is -4.96. The van der Waals surface area contributed by atoms with Crippen LogP contribution in [-0.2, 0) is 65.4 Å². The Kier molecular flexibility index (Phi) is 68.4. The number of unbranched alkanes of at least 4 members (excludes halogenated alkanes) is 46. The van der Waals surface area contributed by atoms with Gasteiger partial charge in [0.15, 0.2) is 12.2 Å². The van der Waals surface area contributed by atoms with E-state index in [4.69, 9.17) is 37.0 Å². The Morgan fingerprint density at radius 3 is 0.784 bits per heavy atom. The van der Waals surface area contributed by atoms with E-state index in [1.54, 1.807) is 0 Å². The molecule has 0 radical (unpaired) electrons. The van der Waals surface area contributed by atoms with Gasteiger partial charge < -0.3 is 33.8 Å². The lowest BCUT2D eigenvalue weighted by molar-refractivity contribution is -0.161. The lowest BCUT2D eigenvalue weighted by Gasteiger charge is -2.21. The Hall–Kier alpha value is -1.94. The van der Waals surface area contributed by atoms with Crippen molar-refractivity contribution in [1.82, 2.24) is 0 Å². The van der Waals surface area contributed by atoms with Gasteiger partial charge in [-0.05, 0) is 37.5 Å². The summed E-state index contributed by atoms with van der Waals surface area (Å²) >= 11 is 0. The molecule has 576 valence electrons. The fraction of sp³-hybridized carbons (Fsp3) is 0.949. The van der Waals surface area contributed by atoms with Crippen LogP contribution in [0.15, 0.2) is 0 Å². The predicted octanol–water partition coefficient (Wildman–Crippen LogP) is 23.1. The largest absolute Gasteiger partial charge is 0.472 e. The number of hydrogen-bond donors (Lipinski definition) is 3. The molecule has 19 heteroatoms. The molecule has 0 bridgehead atoms.